The van der Waals surface area contributed by atoms with Gasteiger partial charge >= 0.3 is 0 Å². The molecule has 1 fully saturated rings. The predicted molar refractivity (Wildman–Crippen MR) is 78.0 cm³/mol. The summed E-state index contributed by atoms with van der Waals surface area (Å²) in [5, 5.41) is 0. The summed E-state index contributed by atoms with van der Waals surface area (Å²) < 4.78 is 0. The van der Waals surface area contributed by atoms with Crippen LogP contribution in [0.5, 0.6) is 0 Å². The van der Waals surface area contributed by atoms with Gasteiger partial charge in [-0.3, -0.25) is 4.98 Å². The average Bonchev–Trinajstić information content (AvgIpc) is 2.37. The minimum absolute atomic E-state index is 0.128. The van der Waals surface area contributed by atoms with E-state index in [9.17, 15) is 0 Å². The highest BCUT2D eigenvalue weighted by Gasteiger charge is 2.20. The van der Waals surface area contributed by atoms with Gasteiger partial charge in [0.15, 0.2) is 0 Å². The third kappa shape index (κ3) is 2.41. The third-order valence-corrected chi connectivity index (χ3v) is 4.22. The highest BCUT2D eigenvalue weighted by atomic mass is 14.8. The lowest BCUT2D eigenvalue weighted by Gasteiger charge is -2.26. The summed E-state index contributed by atoms with van der Waals surface area (Å²) in [5.41, 5.74) is 11.1. The van der Waals surface area contributed by atoms with Gasteiger partial charge in [0.05, 0.1) is 11.7 Å². The van der Waals surface area contributed by atoms with Crippen molar-refractivity contribution in [1.29, 1.82) is 0 Å². The molecular weight excluding hydrogens is 232 g/mol. The van der Waals surface area contributed by atoms with Crippen LogP contribution in [0.1, 0.15) is 53.6 Å². The molecule has 2 heteroatoms. The Hall–Kier alpha value is -1.67. The molecule has 1 aromatic carbocycles. The van der Waals surface area contributed by atoms with Gasteiger partial charge in [-0.15, -0.1) is 0 Å². The summed E-state index contributed by atoms with van der Waals surface area (Å²) in [6, 6.07) is 12.7. The van der Waals surface area contributed by atoms with Crippen molar-refractivity contribution in [3.63, 3.8) is 0 Å². The van der Waals surface area contributed by atoms with Crippen LogP contribution in [0.2, 0.25) is 0 Å². The van der Waals surface area contributed by atoms with E-state index >= 15 is 0 Å². The van der Waals surface area contributed by atoms with Gasteiger partial charge < -0.3 is 5.73 Å². The van der Waals surface area contributed by atoms with Crippen molar-refractivity contribution >= 4 is 0 Å². The van der Waals surface area contributed by atoms with Crippen molar-refractivity contribution in [2.45, 2.75) is 38.1 Å². The Labute approximate surface area is 114 Å². The first-order valence-electron chi connectivity index (χ1n) is 7.02. The monoisotopic (exact) mass is 252 g/mol. The smallest absolute Gasteiger partial charge is 0.0729 e. The summed E-state index contributed by atoms with van der Waals surface area (Å²) in [7, 11) is 0. The number of pyridine rings is 1. The molecular formula is C17H20N2. The van der Waals surface area contributed by atoms with Gasteiger partial charge in [0, 0.05) is 6.20 Å². The number of hydrogen-bond donors (Lipinski definition) is 1. The van der Waals surface area contributed by atoms with Gasteiger partial charge in [-0.05, 0) is 48.4 Å². The van der Waals surface area contributed by atoms with E-state index in [4.69, 9.17) is 5.73 Å². The fourth-order valence-electron chi connectivity index (χ4n) is 2.70. The number of rotatable bonds is 3. The normalized spacial score (nSPS) is 16.9. The zero-order valence-electron chi connectivity index (χ0n) is 11.3. The molecule has 0 saturated heterocycles. The van der Waals surface area contributed by atoms with E-state index in [1.165, 1.54) is 24.8 Å². The van der Waals surface area contributed by atoms with Gasteiger partial charge in [0.1, 0.15) is 0 Å². The van der Waals surface area contributed by atoms with E-state index in [1.807, 2.05) is 12.3 Å². The third-order valence-electron chi connectivity index (χ3n) is 4.22. The van der Waals surface area contributed by atoms with Crippen molar-refractivity contribution < 1.29 is 0 Å². The topological polar surface area (TPSA) is 38.9 Å². The molecule has 1 atom stereocenters. The van der Waals surface area contributed by atoms with Gasteiger partial charge in [0.2, 0.25) is 0 Å². The Morgan fingerprint density at radius 1 is 1.16 bits per heavy atom. The second kappa shape index (κ2) is 5.14. The standard InChI is InChI=1S/C17H20N2/c1-12-4-3-11-19-17(12)16(18)15-9-7-14(8-10-15)13-5-2-6-13/h3-4,7-11,13,16H,2,5-6,18H2,1H3. The first-order valence-corrected chi connectivity index (χ1v) is 7.02. The summed E-state index contributed by atoms with van der Waals surface area (Å²) in [5.74, 6) is 0.780. The van der Waals surface area contributed by atoms with E-state index in [1.54, 1.807) is 0 Å². The van der Waals surface area contributed by atoms with E-state index in [0.29, 0.717) is 0 Å². The van der Waals surface area contributed by atoms with Gasteiger partial charge in [-0.25, -0.2) is 0 Å². The van der Waals surface area contributed by atoms with Crippen molar-refractivity contribution in [3.05, 3.63) is 65.0 Å². The number of hydrogen-bond acceptors (Lipinski definition) is 2. The fourth-order valence-corrected chi connectivity index (χ4v) is 2.70. The van der Waals surface area contributed by atoms with E-state index < -0.39 is 0 Å². The molecule has 1 aliphatic carbocycles. The molecule has 0 spiro atoms. The Balaban J connectivity index is 1.83. The molecule has 0 radical (unpaired) electrons. The van der Waals surface area contributed by atoms with Crippen LogP contribution in [0.25, 0.3) is 0 Å². The SMILES string of the molecule is Cc1cccnc1C(N)c1ccc(C2CCC2)cc1. The van der Waals surface area contributed by atoms with Crippen LogP contribution in [-0.4, -0.2) is 4.98 Å². The number of nitrogens with zero attached hydrogens (tertiary/aromatic N) is 1. The molecule has 0 aliphatic heterocycles. The lowest BCUT2D eigenvalue weighted by Crippen LogP contribution is -2.15. The second-order valence-corrected chi connectivity index (χ2v) is 5.48. The van der Waals surface area contributed by atoms with Gasteiger partial charge in [-0.2, -0.15) is 0 Å². The highest BCUT2D eigenvalue weighted by Crippen LogP contribution is 2.36. The largest absolute Gasteiger partial charge is 0.319 e. The first kappa shape index (κ1) is 12.4. The van der Waals surface area contributed by atoms with Crippen molar-refractivity contribution in [1.82, 2.24) is 4.98 Å². The summed E-state index contributed by atoms with van der Waals surface area (Å²) in [6.07, 6.45) is 5.86. The van der Waals surface area contributed by atoms with E-state index in [0.717, 1.165) is 22.7 Å². The Kier molecular flexibility index (Phi) is 3.34. The summed E-state index contributed by atoms with van der Waals surface area (Å²) in [6.45, 7) is 2.06. The zero-order valence-corrected chi connectivity index (χ0v) is 11.3. The maximum Gasteiger partial charge on any atom is 0.0729 e. The molecule has 3 rings (SSSR count). The molecule has 2 aromatic rings. The van der Waals surface area contributed by atoms with Crippen LogP contribution in [0.15, 0.2) is 42.6 Å². The average molecular weight is 252 g/mol. The Morgan fingerprint density at radius 2 is 1.89 bits per heavy atom. The number of aromatic nitrogens is 1. The molecule has 2 nitrogen and oxygen atoms in total. The lowest BCUT2D eigenvalue weighted by molar-refractivity contribution is 0.419. The van der Waals surface area contributed by atoms with Crippen LogP contribution >= 0.6 is 0 Å². The fraction of sp³-hybridized carbons (Fsp3) is 0.353. The molecule has 2 N–H and O–H groups in total. The number of aryl methyl sites for hydroxylation is 1. The molecule has 1 saturated carbocycles. The van der Waals surface area contributed by atoms with Crippen LogP contribution in [0.3, 0.4) is 0 Å². The molecule has 0 amide bonds. The molecule has 19 heavy (non-hydrogen) atoms. The van der Waals surface area contributed by atoms with Crippen LogP contribution in [0.4, 0.5) is 0 Å². The molecule has 1 aromatic heterocycles. The maximum absolute atomic E-state index is 6.33. The number of nitrogens with two attached hydrogens (primary N) is 1. The van der Waals surface area contributed by atoms with Crippen molar-refractivity contribution in [2.75, 3.05) is 0 Å². The summed E-state index contributed by atoms with van der Waals surface area (Å²) in [4.78, 5) is 4.41. The van der Waals surface area contributed by atoms with Crippen LogP contribution < -0.4 is 5.73 Å². The number of benzene rings is 1. The van der Waals surface area contributed by atoms with Crippen molar-refractivity contribution in [3.8, 4) is 0 Å². The predicted octanol–water partition coefficient (Wildman–Crippen LogP) is 3.71. The van der Waals surface area contributed by atoms with Crippen LogP contribution in [-0.2, 0) is 0 Å². The zero-order chi connectivity index (χ0) is 13.2. The molecule has 1 heterocycles. The molecule has 98 valence electrons. The van der Waals surface area contributed by atoms with Gasteiger partial charge in [0.25, 0.3) is 0 Å². The Morgan fingerprint density at radius 3 is 2.47 bits per heavy atom. The minimum atomic E-state index is -0.128. The summed E-state index contributed by atoms with van der Waals surface area (Å²) >= 11 is 0. The second-order valence-electron chi connectivity index (χ2n) is 5.48. The lowest BCUT2D eigenvalue weighted by atomic mass is 9.80. The molecule has 0 bridgehead atoms. The quantitative estimate of drug-likeness (QED) is 0.904. The van der Waals surface area contributed by atoms with E-state index in [-0.39, 0.29) is 6.04 Å². The Bertz CT molecular complexity index is 556. The van der Waals surface area contributed by atoms with E-state index in [2.05, 4.69) is 42.2 Å². The molecule has 1 unspecified atom stereocenters. The highest BCUT2D eigenvalue weighted by molar-refractivity contribution is 5.34. The minimum Gasteiger partial charge on any atom is -0.319 e. The first-order chi connectivity index (χ1) is 9.25. The van der Waals surface area contributed by atoms with Gasteiger partial charge in [-0.1, -0.05) is 36.8 Å². The maximum atomic E-state index is 6.33. The van der Waals surface area contributed by atoms with Crippen molar-refractivity contribution in [2.24, 2.45) is 5.73 Å². The van der Waals surface area contributed by atoms with Crippen LogP contribution in [0, 0.1) is 6.92 Å². The molecule has 1 aliphatic rings.